The lowest BCUT2D eigenvalue weighted by atomic mass is 9.95. The molecular formula is C26H24ClN3O3S2. The van der Waals surface area contributed by atoms with E-state index in [-0.39, 0.29) is 11.9 Å². The highest BCUT2D eigenvalue weighted by Crippen LogP contribution is 2.39. The van der Waals surface area contributed by atoms with Crippen molar-refractivity contribution in [3.8, 4) is 5.00 Å². The molecule has 1 aromatic carbocycles. The fraction of sp³-hybridized carbons (Fsp3) is 0.269. The lowest BCUT2D eigenvalue weighted by molar-refractivity contribution is -0.115. The molecule has 1 N–H and O–H groups in total. The predicted octanol–water partition coefficient (Wildman–Crippen LogP) is 6.37. The second kappa shape index (κ2) is 9.68. The number of carbonyl (C=O) groups is 2. The number of halogens is 1. The number of rotatable bonds is 4. The number of benzene rings is 1. The number of hydrogen-bond donors (Lipinski definition) is 1. The highest BCUT2D eigenvalue weighted by molar-refractivity contribution is 8.18. The van der Waals surface area contributed by atoms with Crippen LogP contribution in [0.5, 0.6) is 0 Å². The maximum absolute atomic E-state index is 12.8. The van der Waals surface area contributed by atoms with Crippen molar-refractivity contribution in [3.05, 3.63) is 73.2 Å². The minimum atomic E-state index is -0.292. The number of nitrogens with one attached hydrogen (secondary N) is 1. The lowest BCUT2D eigenvalue weighted by Gasteiger charge is -2.12. The lowest BCUT2D eigenvalue weighted by Crippen LogP contribution is -2.19. The molecule has 180 valence electrons. The average molecular weight is 526 g/mol. The summed E-state index contributed by atoms with van der Waals surface area (Å²) in [6.45, 7) is 4.03. The summed E-state index contributed by atoms with van der Waals surface area (Å²) in [7, 11) is 1.43. The summed E-state index contributed by atoms with van der Waals surface area (Å²) in [6, 6.07) is 9.22. The van der Waals surface area contributed by atoms with Gasteiger partial charge in [0.25, 0.3) is 5.91 Å². The molecule has 1 amide bonds. The van der Waals surface area contributed by atoms with Crippen molar-refractivity contribution in [1.82, 2.24) is 9.88 Å². The molecule has 0 radical (unpaired) electrons. The molecule has 1 fully saturated rings. The minimum Gasteiger partial charge on any atom is -0.465 e. The normalized spacial score (nSPS) is 17.7. The summed E-state index contributed by atoms with van der Waals surface area (Å²) >= 11 is 9.02. The van der Waals surface area contributed by atoms with E-state index in [1.165, 1.54) is 23.7 Å². The van der Waals surface area contributed by atoms with Gasteiger partial charge in [-0.05, 0) is 92.8 Å². The Morgan fingerprint density at radius 2 is 2.03 bits per heavy atom. The van der Waals surface area contributed by atoms with Crippen LogP contribution in [-0.4, -0.2) is 28.7 Å². The summed E-state index contributed by atoms with van der Waals surface area (Å²) in [6.07, 6.45) is 5.99. The smallest absolute Gasteiger partial charge is 0.341 e. The van der Waals surface area contributed by atoms with E-state index in [0.29, 0.717) is 26.3 Å². The van der Waals surface area contributed by atoms with Crippen LogP contribution < -0.4 is 5.32 Å². The molecule has 2 aromatic heterocycles. The van der Waals surface area contributed by atoms with Gasteiger partial charge in [-0.15, -0.1) is 11.3 Å². The number of esters is 1. The van der Waals surface area contributed by atoms with Crippen LogP contribution in [0.1, 0.15) is 50.6 Å². The first kappa shape index (κ1) is 23.9. The number of ether oxygens (including phenoxy) is 1. The molecule has 1 aliphatic heterocycles. The first-order valence-electron chi connectivity index (χ1n) is 11.3. The molecule has 1 aliphatic carbocycles. The molecule has 2 aliphatic rings. The summed E-state index contributed by atoms with van der Waals surface area (Å²) in [5.41, 5.74) is 5.37. The fourth-order valence-electron chi connectivity index (χ4n) is 4.55. The summed E-state index contributed by atoms with van der Waals surface area (Å²) in [5.74, 6) is -0.484. The van der Waals surface area contributed by atoms with E-state index < -0.39 is 0 Å². The maximum atomic E-state index is 12.8. The number of aromatic nitrogens is 1. The van der Waals surface area contributed by atoms with E-state index in [1.807, 2.05) is 38.1 Å². The number of hydrogen-bond acceptors (Lipinski definition) is 6. The first-order chi connectivity index (χ1) is 16.9. The van der Waals surface area contributed by atoms with Gasteiger partial charge >= 0.3 is 5.97 Å². The number of carbonyl (C=O) groups excluding carboxylic acids is 2. The molecular weight excluding hydrogens is 502 g/mol. The van der Waals surface area contributed by atoms with Gasteiger partial charge in [0.05, 0.1) is 23.3 Å². The third-order valence-corrected chi connectivity index (χ3v) is 8.61. The Morgan fingerprint density at radius 3 is 2.80 bits per heavy atom. The monoisotopic (exact) mass is 525 g/mol. The molecule has 0 saturated carbocycles. The van der Waals surface area contributed by atoms with Gasteiger partial charge in [0.1, 0.15) is 5.00 Å². The number of nitrogens with zero attached hydrogens (tertiary/aromatic N) is 2. The van der Waals surface area contributed by atoms with Crippen molar-refractivity contribution in [2.75, 3.05) is 7.11 Å². The van der Waals surface area contributed by atoms with Gasteiger partial charge in [-0.25, -0.2) is 9.79 Å². The Bertz CT molecular complexity index is 1420. The van der Waals surface area contributed by atoms with E-state index in [4.69, 9.17) is 16.3 Å². The van der Waals surface area contributed by atoms with E-state index in [1.54, 1.807) is 23.5 Å². The Kier molecular flexibility index (Phi) is 6.61. The van der Waals surface area contributed by atoms with Crippen LogP contribution in [0.3, 0.4) is 0 Å². The topological polar surface area (TPSA) is 72.7 Å². The molecule has 9 heteroatoms. The first-order valence-corrected chi connectivity index (χ1v) is 13.3. The SMILES string of the molecule is COC(=O)c1c(-n2c(C)cc(/C=C3\SC(=Nc4cccc(Cl)c4)NC3=O)c2C)sc2c1CCCC2. The van der Waals surface area contributed by atoms with Crippen LogP contribution in [-0.2, 0) is 22.4 Å². The van der Waals surface area contributed by atoms with Gasteiger partial charge in [0.2, 0.25) is 0 Å². The number of aliphatic imine (C=N–C) groups is 1. The quantitative estimate of drug-likeness (QED) is 0.317. The van der Waals surface area contributed by atoms with Gasteiger partial charge in [-0.3, -0.25) is 4.79 Å². The zero-order valence-electron chi connectivity index (χ0n) is 19.6. The third-order valence-electron chi connectivity index (χ3n) is 6.19. The van der Waals surface area contributed by atoms with Gasteiger partial charge < -0.3 is 14.6 Å². The van der Waals surface area contributed by atoms with Crippen LogP contribution in [0.4, 0.5) is 5.69 Å². The Balaban J connectivity index is 1.51. The van der Waals surface area contributed by atoms with Crippen molar-refractivity contribution in [2.24, 2.45) is 4.99 Å². The summed E-state index contributed by atoms with van der Waals surface area (Å²) < 4.78 is 7.28. The molecule has 6 nitrogen and oxygen atoms in total. The number of methoxy groups -OCH3 is 1. The van der Waals surface area contributed by atoms with Crippen LogP contribution in [0.2, 0.25) is 5.02 Å². The van der Waals surface area contributed by atoms with Gasteiger partial charge in [0.15, 0.2) is 5.17 Å². The van der Waals surface area contributed by atoms with Crippen LogP contribution in [0, 0.1) is 13.8 Å². The standard InChI is InChI=1S/C26H24ClN3O3S2/c1-14-11-16(12-21-23(31)29-26(35-21)28-18-8-6-7-17(27)13-18)15(2)30(14)24-22(25(32)33-3)19-9-4-5-10-20(19)34-24/h6-8,11-13H,4-5,9-10H2,1-3H3,(H,28,29,31)/b21-12-. The Morgan fingerprint density at radius 1 is 1.23 bits per heavy atom. The van der Waals surface area contributed by atoms with Crippen LogP contribution >= 0.6 is 34.7 Å². The highest BCUT2D eigenvalue weighted by Gasteiger charge is 2.29. The Labute approximate surface area is 217 Å². The Hall–Kier alpha value is -2.81. The molecule has 35 heavy (non-hydrogen) atoms. The zero-order chi connectivity index (χ0) is 24.7. The number of amides is 1. The van der Waals surface area contributed by atoms with Crippen molar-refractivity contribution < 1.29 is 14.3 Å². The molecule has 3 aromatic rings. The second-order valence-electron chi connectivity index (χ2n) is 8.51. The summed E-state index contributed by atoms with van der Waals surface area (Å²) in [5, 5.41) is 4.82. The number of aryl methyl sites for hydroxylation is 2. The number of amidine groups is 1. The number of fused-ring (bicyclic) bond motifs is 1. The van der Waals surface area contributed by atoms with E-state index in [0.717, 1.165) is 53.2 Å². The molecule has 3 heterocycles. The largest absolute Gasteiger partial charge is 0.465 e. The molecule has 0 unspecified atom stereocenters. The molecule has 0 atom stereocenters. The molecule has 1 saturated heterocycles. The molecule has 0 bridgehead atoms. The number of thioether (sulfide) groups is 1. The third kappa shape index (κ3) is 4.58. The predicted molar refractivity (Wildman–Crippen MR) is 143 cm³/mol. The van der Waals surface area contributed by atoms with E-state index in [9.17, 15) is 9.59 Å². The van der Waals surface area contributed by atoms with Crippen molar-refractivity contribution in [2.45, 2.75) is 39.5 Å². The van der Waals surface area contributed by atoms with Gasteiger partial charge in [-0.1, -0.05) is 17.7 Å². The fourth-order valence-corrected chi connectivity index (χ4v) is 7.06. The van der Waals surface area contributed by atoms with Gasteiger partial charge in [-0.2, -0.15) is 0 Å². The van der Waals surface area contributed by atoms with Crippen LogP contribution in [0.25, 0.3) is 11.1 Å². The number of thiophene rings is 1. The van der Waals surface area contributed by atoms with Crippen LogP contribution in [0.15, 0.2) is 40.2 Å². The molecule has 5 rings (SSSR count). The minimum absolute atomic E-state index is 0.192. The van der Waals surface area contributed by atoms with E-state index >= 15 is 0 Å². The average Bonchev–Trinajstić information content (AvgIpc) is 3.46. The van der Waals surface area contributed by atoms with E-state index in [2.05, 4.69) is 14.9 Å². The van der Waals surface area contributed by atoms with Crippen molar-refractivity contribution in [1.29, 1.82) is 0 Å². The van der Waals surface area contributed by atoms with Crippen molar-refractivity contribution in [3.63, 3.8) is 0 Å². The maximum Gasteiger partial charge on any atom is 0.341 e. The second-order valence-corrected chi connectivity index (χ2v) is 11.1. The zero-order valence-corrected chi connectivity index (χ0v) is 22.0. The summed E-state index contributed by atoms with van der Waals surface area (Å²) in [4.78, 5) is 31.8. The molecule has 0 spiro atoms. The van der Waals surface area contributed by atoms with Gasteiger partial charge in [0, 0.05) is 21.3 Å². The highest BCUT2D eigenvalue weighted by atomic mass is 35.5. The van der Waals surface area contributed by atoms with Crippen molar-refractivity contribution >= 4 is 63.5 Å².